The summed E-state index contributed by atoms with van der Waals surface area (Å²) in [6, 6.07) is -0.457. The molecule has 3 N–H and O–H groups in total. The summed E-state index contributed by atoms with van der Waals surface area (Å²) >= 11 is 0. The Balaban J connectivity index is 2.01. The number of carboxylic acid groups (broad SMARTS) is 1. The molecule has 2 amide bonds. The summed E-state index contributed by atoms with van der Waals surface area (Å²) in [6.07, 6.45) is 1.76. The minimum Gasteiger partial charge on any atom is -0.480 e. The summed E-state index contributed by atoms with van der Waals surface area (Å²) in [5, 5.41) is 21.7. The number of hydrogen-bond acceptors (Lipinski definition) is 4. The molecule has 0 aromatic carbocycles. The van der Waals surface area contributed by atoms with Gasteiger partial charge in [-0.25, -0.2) is 9.59 Å². The zero-order chi connectivity index (χ0) is 14.9. The standard InChI is InChI=1S/C13H23N3O4/c1-15(2)7-9-6-10(17)8-16(9)12(20)14-13(11(18)19)4-3-5-13/h9-10,17H,3-8H2,1-2H3,(H,14,20)(H,18,19). The van der Waals surface area contributed by atoms with Crippen molar-refractivity contribution in [2.24, 2.45) is 0 Å². The van der Waals surface area contributed by atoms with E-state index in [0.29, 0.717) is 25.8 Å². The number of aliphatic hydroxyl groups excluding tert-OH is 1. The van der Waals surface area contributed by atoms with E-state index in [0.717, 1.165) is 6.42 Å². The predicted molar refractivity (Wildman–Crippen MR) is 72.4 cm³/mol. The Hall–Kier alpha value is -1.34. The number of carboxylic acids is 1. The highest BCUT2D eigenvalue weighted by Gasteiger charge is 2.47. The van der Waals surface area contributed by atoms with E-state index in [4.69, 9.17) is 0 Å². The molecule has 0 aromatic heterocycles. The van der Waals surface area contributed by atoms with Crippen LogP contribution in [0, 0.1) is 0 Å². The maximum absolute atomic E-state index is 12.3. The molecule has 1 heterocycles. The van der Waals surface area contributed by atoms with Crippen LogP contribution in [0.1, 0.15) is 25.7 Å². The summed E-state index contributed by atoms with van der Waals surface area (Å²) in [5.74, 6) is -0.971. The first-order valence-electron chi connectivity index (χ1n) is 6.99. The van der Waals surface area contributed by atoms with Gasteiger partial charge in [0.15, 0.2) is 0 Å². The Morgan fingerprint density at radius 2 is 2.05 bits per heavy atom. The van der Waals surface area contributed by atoms with Crippen LogP contribution in [0.5, 0.6) is 0 Å². The minimum absolute atomic E-state index is 0.0779. The Labute approximate surface area is 118 Å². The smallest absolute Gasteiger partial charge is 0.329 e. The van der Waals surface area contributed by atoms with E-state index >= 15 is 0 Å². The Morgan fingerprint density at radius 3 is 2.50 bits per heavy atom. The largest absolute Gasteiger partial charge is 0.480 e. The van der Waals surface area contributed by atoms with Crippen LogP contribution in [0.3, 0.4) is 0 Å². The number of likely N-dealkylation sites (tertiary alicyclic amines) is 1. The number of aliphatic hydroxyl groups is 1. The fourth-order valence-electron chi connectivity index (χ4n) is 2.93. The number of likely N-dealkylation sites (N-methyl/N-ethyl adjacent to an activating group) is 1. The normalized spacial score (nSPS) is 28.3. The maximum Gasteiger partial charge on any atom is 0.329 e. The molecular formula is C13H23N3O4. The van der Waals surface area contributed by atoms with Crippen molar-refractivity contribution in [2.45, 2.75) is 43.4 Å². The summed E-state index contributed by atoms with van der Waals surface area (Å²) < 4.78 is 0. The molecule has 7 nitrogen and oxygen atoms in total. The van der Waals surface area contributed by atoms with Crippen LogP contribution in [-0.4, -0.2) is 76.9 Å². The SMILES string of the molecule is CN(C)CC1CC(O)CN1C(=O)NC1(C(=O)O)CCC1. The molecule has 1 saturated heterocycles. The maximum atomic E-state index is 12.3. The van der Waals surface area contributed by atoms with Gasteiger partial charge in [0.1, 0.15) is 5.54 Å². The molecule has 0 bridgehead atoms. The zero-order valence-corrected chi connectivity index (χ0v) is 12.0. The van der Waals surface area contributed by atoms with Crippen molar-refractivity contribution in [1.29, 1.82) is 0 Å². The lowest BCUT2D eigenvalue weighted by atomic mass is 9.77. The van der Waals surface area contributed by atoms with Crippen molar-refractivity contribution in [3.05, 3.63) is 0 Å². The van der Waals surface area contributed by atoms with E-state index in [1.165, 1.54) is 0 Å². The van der Waals surface area contributed by atoms with Crippen LogP contribution in [0.25, 0.3) is 0 Å². The number of β-amino-alcohol motifs (C(OH)–C–C–N with tert-alkyl or cyclic N) is 1. The van der Waals surface area contributed by atoms with Gasteiger partial charge in [-0.2, -0.15) is 0 Å². The number of aliphatic carboxylic acids is 1. The molecule has 0 aromatic rings. The molecule has 7 heteroatoms. The number of carbonyl (C=O) groups excluding carboxylic acids is 1. The molecule has 20 heavy (non-hydrogen) atoms. The molecular weight excluding hydrogens is 262 g/mol. The van der Waals surface area contributed by atoms with Gasteiger partial charge < -0.3 is 25.3 Å². The molecule has 2 aliphatic rings. The van der Waals surface area contributed by atoms with Gasteiger partial charge in [0.2, 0.25) is 0 Å². The minimum atomic E-state index is -1.10. The van der Waals surface area contributed by atoms with Crippen molar-refractivity contribution in [2.75, 3.05) is 27.2 Å². The molecule has 2 unspecified atom stereocenters. The van der Waals surface area contributed by atoms with Crippen molar-refractivity contribution in [3.63, 3.8) is 0 Å². The van der Waals surface area contributed by atoms with Gasteiger partial charge in [0, 0.05) is 19.1 Å². The van der Waals surface area contributed by atoms with Gasteiger partial charge >= 0.3 is 12.0 Å². The Bertz CT molecular complexity index is 395. The molecule has 114 valence electrons. The molecule has 2 fully saturated rings. The van der Waals surface area contributed by atoms with E-state index in [1.807, 2.05) is 19.0 Å². The number of nitrogens with zero attached hydrogens (tertiary/aromatic N) is 2. The average molecular weight is 285 g/mol. The Morgan fingerprint density at radius 1 is 1.40 bits per heavy atom. The summed E-state index contributed by atoms with van der Waals surface area (Å²) in [5.41, 5.74) is -1.10. The first-order chi connectivity index (χ1) is 9.34. The van der Waals surface area contributed by atoms with Gasteiger partial charge in [0.25, 0.3) is 0 Å². The molecule has 0 spiro atoms. The van der Waals surface area contributed by atoms with Gasteiger partial charge in [0.05, 0.1) is 6.10 Å². The molecule has 1 aliphatic carbocycles. The van der Waals surface area contributed by atoms with Crippen LogP contribution >= 0.6 is 0 Å². The first-order valence-corrected chi connectivity index (χ1v) is 6.99. The third kappa shape index (κ3) is 2.88. The summed E-state index contributed by atoms with van der Waals surface area (Å²) in [6.45, 7) is 0.921. The topological polar surface area (TPSA) is 93.1 Å². The number of hydrogen-bond donors (Lipinski definition) is 3. The second kappa shape index (κ2) is 5.57. The molecule has 2 rings (SSSR count). The molecule has 1 saturated carbocycles. The lowest BCUT2D eigenvalue weighted by Gasteiger charge is -2.40. The van der Waals surface area contributed by atoms with Crippen LogP contribution in [0.4, 0.5) is 4.79 Å². The fourth-order valence-corrected chi connectivity index (χ4v) is 2.93. The second-order valence-corrected chi connectivity index (χ2v) is 6.13. The lowest BCUT2D eigenvalue weighted by Crippen LogP contribution is -2.62. The van der Waals surface area contributed by atoms with Crippen molar-refractivity contribution in [3.8, 4) is 0 Å². The highest BCUT2D eigenvalue weighted by molar-refractivity contribution is 5.87. The molecule has 1 aliphatic heterocycles. The monoisotopic (exact) mass is 285 g/mol. The number of carbonyl (C=O) groups is 2. The van der Waals surface area contributed by atoms with Crippen LogP contribution in [0.2, 0.25) is 0 Å². The van der Waals surface area contributed by atoms with E-state index < -0.39 is 17.6 Å². The van der Waals surface area contributed by atoms with E-state index in [2.05, 4.69) is 5.32 Å². The number of rotatable bonds is 4. The van der Waals surface area contributed by atoms with Crippen molar-refractivity contribution in [1.82, 2.24) is 15.1 Å². The van der Waals surface area contributed by atoms with Gasteiger partial charge in [-0.05, 0) is 39.8 Å². The summed E-state index contributed by atoms with van der Waals surface area (Å²) in [4.78, 5) is 27.1. The lowest BCUT2D eigenvalue weighted by molar-refractivity contribution is -0.148. The fraction of sp³-hybridized carbons (Fsp3) is 0.846. The van der Waals surface area contributed by atoms with Crippen LogP contribution in [0.15, 0.2) is 0 Å². The zero-order valence-electron chi connectivity index (χ0n) is 12.0. The van der Waals surface area contributed by atoms with Crippen molar-refractivity contribution < 1.29 is 19.8 Å². The Kier molecular flexibility index (Phi) is 4.19. The molecule has 0 radical (unpaired) electrons. The molecule has 2 atom stereocenters. The number of amides is 2. The van der Waals surface area contributed by atoms with Gasteiger partial charge in [-0.3, -0.25) is 0 Å². The van der Waals surface area contributed by atoms with E-state index in [1.54, 1.807) is 4.90 Å². The van der Waals surface area contributed by atoms with Gasteiger partial charge in [-0.1, -0.05) is 0 Å². The number of nitrogens with one attached hydrogen (secondary N) is 1. The third-order valence-corrected chi connectivity index (χ3v) is 4.19. The summed E-state index contributed by atoms with van der Waals surface area (Å²) in [7, 11) is 3.82. The van der Waals surface area contributed by atoms with Crippen LogP contribution in [-0.2, 0) is 4.79 Å². The quantitative estimate of drug-likeness (QED) is 0.659. The highest BCUT2D eigenvalue weighted by Crippen LogP contribution is 2.32. The highest BCUT2D eigenvalue weighted by atomic mass is 16.4. The van der Waals surface area contributed by atoms with Crippen molar-refractivity contribution >= 4 is 12.0 Å². The number of urea groups is 1. The van der Waals surface area contributed by atoms with Crippen LogP contribution < -0.4 is 5.32 Å². The van der Waals surface area contributed by atoms with E-state index in [-0.39, 0.29) is 18.6 Å². The third-order valence-electron chi connectivity index (χ3n) is 4.19. The predicted octanol–water partition coefficient (Wildman–Crippen LogP) is -0.300. The van der Waals surface area contributed by atoms with E-state index in [9.17, 15) is 19.8 Å². The average Bonchev–Trinajstić information content (AvgIpc) is 2.63. The second-order valence-electron chi connectivity index (χ2n) is 6.13. The van der Waals surface area contributed by atoms with Gasteiger partial charge in [-0.15, -0.1) is 0 Å². The first kappa shape index (κ1) is 15.1.